The summed E-state index contributed by atoms with van der Waals surface area (Å²) in [5.41, 5.74) is 2.36. The number of sulfonamides is 1. The molecule has 0 saturated heterocycles. The second kappa shape index (κ2) is 6.99. The van der Waals surface area contributed by atoms with Crippen LogP contribution in [0.1, 0.15) is 21.6 Å². The van der Waals surface area contributed by atoms with Crippen molar-refractivity contribution in [2.75, 3.05) is 18.1 Å². The van der Waals surface area contributed by atoms with Crippen LogP contribution in [0.3, 0.4) is 0 Å². The molecule has 22 heavy (non-hydrogen) atoms. The molecule has 0 aliphatic heterocycles. The number of benzene rings is 1. The minimum Gasteiger partial charge on any atom is -0.298 e. The van der Waals surface area contributed by atoms with E-state index >= 15 is 0 Å². The Hall–Kier alpha value is -1.77. The van der Waals surface area contributed by atoms with Gasteiger partial charge >= 0.3 is 0 Å². The fourth-order valence-corrected chi connectivity index (χ4v) is 2.94. The number of carbonyl (C=O) groups is 1. The van der Waals surface area contributed by atoms with Gasteiger partial charge in [-0.15, -0.1) is 11.3 Å². The molecule has 1 aromatic heterocycles. The van der Waals surface area contributed by atoms with E-state index in [1.807, 2.05) is 24.4 Å². The Balaban J connectivity index is 1.92. The van der Waals surface area contributed by atoms with Gasteiger partial charge in [-0.3, -0.25) is 10.1 Å². The SMILES string of the molecule is Cc1csc(NC(=O)c2ccc(CCNS(C)(=O)=O)cc2)n1. The molecule has 1 aromatic carbocycles. The summed E-state index contributed by atoms with van der Waals surface area (Å²) in [4.78, 5) is 16.2. The summed E-state index contributed by atoms with van der Waals surface area (Å²) < 4.78 is 24.4. The third-order valence-electron chi connectivity index (χ3n) is 2.83. The number of amides is 1. The van der Waals surface area contributed by atoms with Crippen LogP contribution in [0.2, 0.25) is 0 Å². The molecule has 0 saturated carbocycles. The number of hydrogen-bond donors (Lipinski definition) is 2. The molecule has 8 heteroatoms. The van der Waals surface area contributed by atoms with Crippen molar-refractivity contribution in [1.29, 1.82) is 0 Å². The van der Waals surface area contributed by atoms with E-state index in [9.17, 15) is 13.2 Å². The number of nitrogens with zero attached hydrogens (tertiary/aromatic N) is 1. The van der Waals surface area contributed by atoms with Gasteiger partial charge < -0.3 is 0 Å². The standard InChI is InChI=1S/C14H17N3O3S2/c1-10-9-21-14(16-10)17-13(18)12-5-3-11(4-6-12)7-8-15-22(2,19)20/h3-6,9,15H,7-8H2,1-2H3,(H,16,17,18). The fourth-order valence-electron chi connectivity index (χ4n) is 1.78. The highest BCUT2D eigenvalue weighted by Gasteiger charge is 2.08. The number of nitrogens with one attached hydrogen (secondary N) is 2. The zero-order valence-electron chi connectivity index (χ0n) is 12.3. The Labute approximate surface area is 133 Å². The van der Waals surface area contributed by atoms with Crippen molar-refractivity contribution in [2.24, 2.45) is 0 Å². The first-order valence-electron chi connectivity index (χ1n) is 6.60. The van der Waals surface area contributed by atoms with Crippen molar-refractivity contribution in [1.82, 2.24) is 9.71 Å². The summed E-state index contributed by atoms with van der Waals surface area (Å²) in [5, 5.41) is 5.18. The highest BCUT2D eigenvalue weighted by Crippen LogP contribution is 2.16. The topological polar surface area (TPSA) is 88.2 Å². The van der Waals surface area contributed by atoms with Crippen LogP contribution in [-0.4, -0.2) is 32.1 Å². The molecule has 1 amide bonds. The van der Waals surface area contributed by atoms with Crippen LogP contribution in [0.25, 0.3) is 0 Å². The summed E-state index contributed by atoms with van der Waals surface area (Å²) in [5.74, 6) is -0.213. The van der Waals surface area contributed by atoms with Crippen LogP contribution in [0, 0.1) is 6.92 Å². The maximum absolute atomic E-state index is 12.0. The molecule has 2 aromatic rings. The number of thiazole rings is 1. The van der Waals surface area contributed by atoms with E-state index in [0.717, 1.165) is 17.5 Å². The van der Waals surface area contributed by atoms with E-state index in [1.165, 1.54) is 11.3 Å². The van der Waals surface area contributed by atoms with Gasteiger partial charge in [0, 0.05) is 17.5 Å². The molecule has 0 atom stereocenters. The van der Waals surface area contributed by atoms with Crippen LogP contribution >= 0.6 is 11.3 Å². The third-order valence-corrected chi connectivity index (χ3v) is 4.44. The predicted molar refractivity (Wildman–Crippen MR) is 87.8 cm³/mol. The number of aromatic nitrogens is 1. The van der Waals surface area contributed by atoms with Gasteiger partial charge in [-0.2, -0.15) is 0 Å². The van der Waals surface area contributed by atoms with Gasteiger partial charge in [0.05, 0.1) is 11.9 Å². The number of aryl methyl sites for hydroxylation is 1. The Kier molecular flexibility index (Phi) is 5.28. The Morgan fingerprint density at radius 2 is 1.95 bits per heavy atom. The highest BCUT2D eigenvalue weighted by atomic mass is 32.2. The predicted octanol–water partition coefficient (Wildman–Crippen LogP) is 1.80. The van der Waals surface area contributed by atoms with Gasteiger partial charge in [0.1, 0.15) is 0 Å². The van der Waals surface area contributed by atoms with Crippen LogP contribution in [0.5, 0.6) is 0 Å². The molecule has 2 N–H and O–H groups in total. The molecular weight excluding hydrogens is 322 g/mol. The first-order chi connectivity index (χ1) is 10.3. The van der Waals surface area contributed by atoms with E-state index in [1.54, 1.807) is 12.1 Å². The lowest BCUT2D eigenvalue weighted by molar-refractivity contribution is 0.102. The molecule has 0 radical (unpaired) electrons. The summed E-state index contributed by atoms with van der Waals surface area (Å²) in [6, 6.07) is 7.05. The van der Waals surface area contributed by atoms with Gasteiger partial charge in [0.2, 0.25) is 10.0 Å². The van der Waals surface area contributed by atoms with E-state index in [0.29, 0.717) is 23.7 Å². The fraction of sp³-hybridized carbons (Fsp3) is 0.286. The smallest absolute Gasteiger partial charge is 0.257 e. The number of rotatable bonds is 6. The Bertz CT molecular complexity index is 752. The Morgan fingerprint density at radius 3 is 2.50 bits per heavy atom. The van der Waals surface area contributed by atoms with E-state index in [2.05, 4.69) is 15.0 Å². The van der Waals surface area contributed by atoms with E-state index < -0.39 is 10.0 Å². The maximum Gasteiger partial charge on any atom is 0.257 e. The second-order valence-corrected chi connectivity index (χ2v) is 7.55. The van der Waals surface area contributed by atoms with Gasteiger partial charge in [0.15, 0.2) is 5.13 Å². The lowest BCUT2D eigenvalue weighted by Crippen LogP contribution is -2.24. The Morgan fingerprint density at radius 1 is 1.27 bits per heavy atom. The zero-order valence-corrected chi connectivity index (χ0v) is 13.9. The van der Waals surface area contributed by atoms with Crippen molar-refractivity contribution in [3.05, 3.63) is 46.5 Å². The third kappa shape index (κ3) is 5.21. The van der Waals surface area contributed by atoms with E-state index in [-0.39, 0.29) is 5.91 Å². The molecule has 0 bridgehead atoms. The normalized spacial score (nSPS) is 11.4. The summed E-state index contributed by atoms with van der Waals surface area (Å²) in [6.07, 6.45) is 1.70. The average molecular weight is 339 g/mol. The minimum absolute atomic E-state index is 0.213. The van der Waals surface area contributed by atoms with Crippen molar-refractivity contribution in [3.63, 3.8) is 0 Å². The lowest BCUT2D eigenvalue weighted by Gasteiger charge is -2.05. The first kappa shape index (κ1) is 16.6. The summed E-state index contributed by atoms with van der Waals surface area (Å²) >= 11 is 1.38. The highest BCUT2D eigenvalue weighted by molar-refractivity contribution is 7.88. The molecule has 0 fully saturated rings. The molecule has 0 aliphatic rings. The average Bonchev–Trinajstić information content (AvgIpc) is 2.83. The quantitative estimate of drug-likeness (QED) is 0.840. The molecule has 0 spiro atoms. The molecule has 6 nitrogen and oxygen atoms in total. The number of anilines is 1. The largest absolute Gasteiger partial charge is 0.298 e. The molecule has 0 unspecified atom stereocenters. The van der Waals surface area contributed by atoms with Crippen molar-refractivity contribution >= 4 is 32.4 Å². The van der Waals surface area contributed by atoms with Crippen molar-refractivity contribution < 1.29 is 13.2 Å². The second-order valence-electron chi connectivity index (χ2n) is 4.86. The lowest BCUT2D eigenvalue weighted by atomic mass is 10.1. The van der Waals surface area contributed by atoms with Crippen molar-refractivity contribution in [2.45, 2.75) is 13.3 Å². The number of hydrogen-bond acceptors (Lipinski definition) is 5. The molecule has 2 rings (SSSR count). The molecular formula is C14H17N3O3S2. The first-order valence-corrected chi connectivity index (χ1v) is 9.38. The van der Waals surface area contributed by atoms with E-state index in [4.69, 9.17) is 0 Å². The van der Waals surface area contributed by atoms with Crippen LogP contribution in [-0.2, 0) is 16.4 Å². The van der Waals surface area contributed by atoms with Crippen LogP contribution in [0.4, 0.5) is 5.13 Å². The number of carbonyl (C=O) groups excluding carboxylic acids is 1. The van der Waals surface area contributed by atoms with Gasteiger partial charge in [-0.05, 0) is 31.0 Å². The van der Waals surface area contributed by atoms with Crippen LogP contribution < -0.4 is 10.0 Å². The summed E-state index contributed by atoms with van der Waals surface area (Å²) in [7, 11) is -3.17. The molecule has 1 heterocycles. The minimum atomic E-state index is -3.17. The molecule has 0 aliphatic carbocycles. The maximum atomic E-state index is 12.0. The molecule has 118 valence electrons. The zero-order chi connectivity index (χ0) is 16.2. The van der Waals surface area contributed by atoms with Gasteiger partial charge in [-0.25, -0.2) is 18.1 Å². The van der Waals surface area contributed by atoms with Crippen LogP contribution in [0.15, 0.2) is 29.6 Å². The van der Waals surface area contributed by atoms with Gasteiger partial charge in [0.25, 0.3) is 5.91 Å². The van der Waals surface area contributed by atoms with Gasteiger partial charge in [-0.1, -0.05) is 12.1 Å². The van der Waals surface area contributed by atoms with Crippen molar-refractivity contribution in [3.8, 4) is 0 Å². The summed E-state index contributed by atoms with van der Waals surface area (Å²) in [6.45, 7) is 2.20. The monoisotopic (exact) mass is 339 g/mol.